The first-order valence-corrected chi connectivity index (χ1v) is 8.09. The number of hydroxylamine groups is 2. The zero-order valence-electron chi connectivity index (χ0n) is 10.2. The van der Waals surface area contributed by atoms with Crippen molar-refractivity contribution in [3.8, 4) is 0 Å². The van der Waals surface area contributed by atoms with E-state index in [0.717, 1.165) is 3.57 Å². The Morgan fingerprint density at radius 2 is 1.86 bits per heavy atom. The Kier molecular flexibility index (Phi) is 4.30. The Bertz CT molecular complexity index is 713. The lowest BCUT2D eigenvalue weighted by Crippen LogP contribution is -2.36. The van der Waals surface area contributed by atoms with Crippen molar-refractivity contribution >= 4 is 50.5 Å². The summed E-state index contributed by atoms with van der Waals surface area (Å²) in [7, 11) is -4.73. The largest absolute Gasteiger partial charge is 0.363 e. The van der Waals surface area contributed by atoms with Gasteiger partial charge in [0, 0.05) is 3.57 Å². The van der Waals surface area contributed by atoms with Crippen molar-refractivity contribution in [2.75, 3.05) is 0 Å². The smallest absolute Gasteiger partial charge is 0.325 e. The van der Waals surface area contributed by atoms with E-state index >= 15 is 0 Å². The van der Waals surface area contributed by atoms with Crippen LogP contribution in [0.3, 0.4) is 0 Å². The van der Waals surface area contributed by atoms with Crippen LogP contribution in [0.25, 0.3) is 0 Å². The molecule has 1 aliphatic heterocycles. The SMILES string of the molecule is O=C(ON1C(=O)C[C@@H](S(=O)(=O)O)C1=O)c1ccc(I)cc1. The van der Waals surface area contributed by atoms with E-state index in [1.807, 2.05) is 22.6 Å². The van der Waals surface area contributed by atoms with Crippen molar-refractivity contribution in [3.63, 3.8) is 0 Å². The Morgan fingerprint density at radius 1 is 1.29 bits per heavy atom. The van der Waals surface area contributed by atoms with E-state index in [1.54, 1.807) is 12.1 Å². The van der Waals surface area contributed by atoms with Gasteiger partial charge >= 0.3 is 5.97 Å². The highest BCUT2D eigenvalue weighted by Crippen LogP contribution is 2.20. The fourth-order valence-corrected chi connectivity index (χ4v) is 2.70. The molecule has 1 aliphatic rings. The molecule has 0 saturated carbocycles. The quantitative estimate of drug-likeness (QED) is 0.423. The molecular formula is C11H8INO7S. The number of hydrogen-bond acceptors (Lipinski definition) is 6. The van der Waals surface area contributed by atoms with Crippen molar-refractivity contribution < 1.29 is 32.2 Å². The second kappa shape index (κ2) is 5.69. The average molecular weight is 425 g/mol. The van der Waals surface area contributed by atoms with Crippen molar-refractivity contribution in [1.82, 2.24) is 5.06 Å². The van der Waals surface area contributed by atoms with Crippen LogP contribution in [-0.2, 0) is 24.5 Å². The van der Waals surface area contributed by atoms with E-state index < -0.39 is 39.6 Å². The lowest BCUT2D eigenvalue weighted by atomic mass is 10.2. The van der Waals surface area contributed by atoms with Crippen LogP contribution in [0, 0.1) is 3.57 Å². The highest BCUT2D eigenvalue weighted by molar-refractivity contribution is 14.1. The third-order valence-corrected chi connectivity index (χ3v) is 4.48. The topological polar surface area (TPSA) is 118 Å². The molecule has 1 saturated heterocycles. The van der Waals surface area contributed by atoms with Crippen LogP contribution in [0.2, 0.25) is 0 Å². The Hall–Kier alpha value is -1.53. The van der Waals surface area contributed by atoms with Gasteiger partial charge in [-0.05, 0) is 46.9 Å². The van der Waals surface area contributed by atoms with Gasteiger partial charge in [-0.3, -0.25) is 14.1 Å². The minimum atomic E-state index is -4.73. The highest BCUT2D eigenvalue weighted by atomic mass is 127. The predicted octanol–water partition coefficient (Wildman–Crippen LogP) is 0.378. The molecule has 112 valence electrons. The summed E-state index contributed by atoms with van der Waals surface area (Å²) in [6, 6.07) is 6.09. The number of carbonyl (C=O) groups excluding carboxylic acids is 3. The molecule has 21 heavy (non-hydrogen) atoms. The summed E-state index contributed by atoms with van der Waals surface area (Å²) in [5.74, 6) is -3.29. The van der Waals surface area contributed by atoms with Crippen molar-refractivity contribution in [2.45, 2.75) is 11.7 Å². The van der Waals surface area contributed by atoms with Gasteiger partial charge in [-0.25, -0.2) is 4.79 Å². The average Bonchev–Trinajstić information content (AvgIpc) is 2.67. The monoisotopic (exact) mass is 425 g/mol. The maximum atomic E-state index is 11.8. The molecule has 10 heteroatoms. The molecule has 2 rings (SSSR count). The Balaban J connectivity index is 2.16. The maximum Gasteiger partial charge on any atom is 0.363 e. The van der Waals surface area contributed by atoms with E-state index in [-0.39, 0.29) is 10.6 Å². The zero-order valence-corrected chi connectivity index (χ0v) is 13.2. The van der Waals surface area contributed by atoms with Crippen LogP contribution >= 0.6 is 22.6 Å². The summed E-state index contributed by atoms with van der Waals surface area (Å²) in [4.78, 5) is 39.6. The van der Waals surface area contributed by atoms with Gasteiger partial charge in [0.05, 0.1) is 12.0 Å². The van der Waals surface area contributed by atoms with Crippen molar-refractivity contribution in [1.29, 1.82) is 0 Å². The molecule has 0 aromatic heterocycles. The van der Waals surface area contributed by atoms with Crippen LogP contribution < -0.4 is 0 Å². The van der Waals surface area contributed by atoms with Crippen molar-refractivity contribution in [2.24, 2.45) is 0 Å². The van der Waals surface area contributed by atoms with Gasteiger partial charge in [0.15, 0.2) is 5.25 Å². The third kappa shape index (κ3) is 3.39. The third-order valence-electron chi connectivity index (χ3n) is 2.68. The van der Waals surface area contributed by atoms with E-state index in [1.165, 1.54) is 12.1 Å². The number of carbonyl (C=O) groups is 3. The summed E-state index contributed by atoms with van der Waals surface area (Å²) in [5, 5.41) is -1.87. The van der Waals surface area contributed by atoms with Crippen LogP contribution in [0.1, 0.15) is 16.8 Å². The normalized spacial score (nSPS) is 19.0. The molecule has 0 bridgehead atoms. The lowest BCUT2D eigenvalue weighted by Gasteiger charge is -2.13. The number of halogens is 1. The molecular weight excluding hydrogens is 417 g/mol. The molecule has 1 atom stereocenters. The molecule has 1 heterocycles. The van der Waals surface area contributed by atoms with E-state index in [0.29, 0.717) is 0 Å². The molecule has 1 aromatic carbocycles. The van der Waals surface area contributed by atoms with Crippen LogP contribution in [0.5, 0.6) is 0 Å². The Morgan fingerprint density at radius 3 is 2.33 bits per heavy atom. The van der Waals surface area contributed by atoms with Gasteiger partial charge in [-0.1, -0.05) is 0 Å². The molecule has 0 unspecified atom stereocenters. The second-order valence-corrected chi connectivity index (χ2v) is 6.96. The number of benzene rings is 1. The highest BCUT2D eigenvalue weighted by Gasteiger charge is 2.48. The second-order valence-electron chi connectivity index (χ2n) is 4.12. The van der Waals surface area contributed by atoms with E-state index in [9.17, 15) is 22.8 Å². The van der Waals surface area contributed by atoms with E-state index in [2.05, 4.69) is 4.84 Å². The van der Waals surface area contributed by atoms with Gasteiger partial charge in [-0.15, -0.1) is 5.06 Å². The van der Waals surface area contributed by atoms with Crippen LogP contribution in [-0.4, -0.2) is 41.1 Å². The van der Waals surface area contributed by atoms with Crippen molar-refractivity contribution in [3.05, 3.63) is 33.4 Å². The number of hydrogen-bond donors (Lipinski definition) is 1. The minimum Gasteiger partial charge on any atom is -0.325 e. The van der Waals surface area contributed by atoms with Crippen LogP contribution in [0.4, 0.5) is 0 Å². The van der Waals surface area contributed by atoms with Gasteiger partial charge in [0.2, 0.25) is 0 Å². The first-order chi connectivity index (χ1) is 9.70. The zero-order chi connectivity index (χ0) is 15.8. The molecule has 1 N–H and O–H groups in total. The number of rotatable bonds is 3. The summed E-state index contributed by atoms with van der Waals surface area (Å²) < 4.78 is 31.6. The standard InChI is InChI=1S/C11H8INO7S/c12-7-3-1-6(2-4-7)11(16)20-13-9(14)5-8(10(13)15)21(17,18)19/h1-4,8H,5H2,(H,17,18,19)/t8-/m1/s1. The first-order valence-electron chi connectivity index (χ1n) is 5.51. The van der Waals surface area contributed by atoms with Crippen LogP contribution in [0.15, 0.2) is 24.3 Å². The summed E-state index contributed by atoms with van der Waals surface area (Å²) in [6.07, 6.45) is -0.766. The summed E-state index contributed by atoms with van der Waals surface area (Å²) in [5.41, 5.74) is 0.0892. The van der Waals surface area contributed by atoms with E-state index in [4.69, 9.17) is 4.55 Å². The van der Waals surface area contributed by atoms with Gasteiger partial charge < -0.3 is 4.84 Å². The lowest BCUT2D eigenvalue weighted by molar-refractivity contribution is -0.172. The molecule has 0 radical (unpaired) electrons. The van der Waals surface area contributed by atoms with Gasteiger partial charge in [-0.2, -0.15) is 8.42 Å². The number of amides is 2. The molecule has 0 spiro atoms. The maximum absolute atomic E-state index is 11.8. The molecule has 1 aromatic rings. The molecule has 2 amide bonds. The van der Waals surface area contributed by atoms with Gasteiger partial charge in [0.25, 0.3) is 21.9 Å². The predicted molar refractivity (Wildman–Crippen MR) is 76.4 cm³/mol. The fourth-order valence-electron chi connectivity index (χ4n) is 1.63. The summed E-state index contributed by atoms with van der Waals surface area (Å²) in [6.45, 7) is 0. The Labute approximate surface area is 132 Å². The van der Waals surface area contributed by atoms with Gasteiger partial charge in [0.1, 0.15) is 0 Å². The molecule has 0 aliphatic carbocycles. The number of imide groups is 1. The molecule has 1 fully saturated rings. The minimum absolute atomic E-state index is 0.0682. The summed E-state index contributed by atoms with van der Waals surface area (Å²) >= 11 is 2.02. The first kappa shape index (κ1) is 15.9. The fraction of sp³-hybridized carbons (Fsp3) is 0.182. The molecule has 8 nitrogen and oxygen atoms in total. The number of nitrogens with zero attached hydrogens (tertiary/aromatic N) is 1.